The molecule has 10 aliphatic rings. The summed E-state index contributed by atoms with van der Waals surface area (Å²) in [7, 11) is 0. The molecule has 0 amide bonds. The molecule has 0 bridgehead atoms. The number of benzene rings is 3. The van der Waals surface area contributed by atoms with Crippen LogP contribution in [0.5, 0.6) is 0 Å². The van der Waals surface area contributed by atoms with E-state index in [9.17, 15) is 20.2 Å². The predicted octanol–water partition coefficient (Wildman–Crippen LogP) is 16.8. The standard InChI is InChI=1S/2C26H32N6O2.C25H29FN6O2.C11H20FNO.2C6H12O/c2*1-15-10-19(13-27)24-22(11-15)17(3)23(26-29-18(4)31-34-26)25(30-24)32-8-7-20(12-16(32)2)28-14-21-6-5-9-33-21;1-14-10-17(12-27)23-19(11-14)15(2)22(25-28-16(3)31-34-25)24(30-23)32-7-4-21(20(26)13-32)29-18-5-8-33-9-6-18;12-11-8-13-4-1-10(11)7-9-2-5-14-6-3-9;2*1-2-6-3-4-7-5-6/h2*10-11,16,20-21,28H,5-9,12,14H2,1-4H3;10-11,18,20-21,29H,4-9,13H2,1-3H3;9-11,13H,1-8H2;2*6H,2-5H2,1H3/t16-,20-,21+;16-,20-,21-;20-,21+;10-,11-;2*6-/m110010/s1. The van der Waals surface area contributed by atoms with Gasteiger partial charge in [-0.05, 0) is 285 Å². The first-order valence-electron chi connectivity index (χ1n) is 48.1. The van der Waals surface area contributed by atoms with Gasteiger partial charge in [-0.3, -0.25) is 0 Å². The second-order valence-electron chi connectivity index (χ2n) is 37.6. The number of pyridine rings is 3. The molecular weight excluding hydrogens is 1650 g/mol. The van der Waals surface area contributed by atoms with E-state index >= 15 is 4.39 Å². The van der Waals surface area contributed by atoms with Crippen LogP contribution in [0.2, 0.25) is 0 Å². The number of piperidine rings is 4. The lowest BCUT2D eigenvalue weighted by atomic mass is 9.83. The number of hydrogen-bond acceptors (Lipinski definition) is 28. The van der Waals surface area contributed by atoms with Gasteiger partial charge in [0.05, 0.1) is 68.7 Å². The van der Waals surface area contributed by atoms with Gasteiger partial charge in [0.2, 0.25) is 0 Å². The van der Waals surface area contributed by atoms with Crippen molar-refractivity contribution in [2.24, 2.45) is 23.7 Å². The average molecular weight is 1790 g/mol. The van der Waals surface area contributed by atoms with Crippen LogP contribution in [0, 0.1) is 120 Å². The number of nitriles is 3. The molecule has 0 aliphatic carbocycles. The van der Waals surface area contributed by atoms with E-state index in [1.807, 2.05) is 70.7 Å². The highest BCUT2D eigenvalue weighted by atomic mass is 19.1. The number of halogens is 2. The van der Waals surface area contributed by atoms with Gasteiger partial charge in [-0.1, -0.05) is 42.2 Å². The SMILES string of the molecule is CC[C@@H]1CCOC1.CC[C@H]1CCOC1.Cc1cc(C#N)c2nc(N3CC[C@@H](NC4CCOCC4)[C@@H](F)C3)c(-c3nc(C)no3)c(C)c2c1.Cc1cc(C#N)c2nc(N3CC[C@@H](NC[C@@H]4CCCO4)C[C@H]3C)c(-c3nc(C)no3)c(C)c2c1.Cc1cc(C#N)c2nc(N3CC[C@@H](NC[C@H]4CCCO4)C[C@H]3C)c(-c3nc(C)no3)c(C)c2c1.F[C@H]1CNCC[C@H]1CC1CCOCC1. The Morgan fingerprint density at radius 3 is 1.23 bits per heavy atom. The van der Waals surface area contributed by atoms with Crippen molar-refractivity contribution in [2.75, 3.05) is 133 Å². The average Bonchev–Trinajstić information content (AvgIpc) is 1.24. The molecule has 700 valence electrons. The van der Waals surface area contributed by atoms with Gasteiger partial charge < -0.3 is 78.0 Å². The minimum atomic E-state index is -1.06. The molecule has 4 N–H and O–H groups in total. The van der Waals surface area contributed by atoms with Crippen molar-refractivity contribution < 1.29 is 50.8 Å². The van der Waals surface area contributed by atoms with Crippen LogP contribution in [0.4, 0.5) is 26.2 Å². The highest BCUT2D eigenvalue weighted by Crippen LogP contribution is 2.44. The van der Waals surface area contributed by atoms with Crippen molar-refractivity contribution in [3.63, 3.8) is 0 Å². The van der Waals surface area contributed by atoms with E-state index < -0.39 is 12.3 Å². The molecular formula is C100H137F2N19O9. The molecule has 30 heteroatoms. The van der Waals surface area contributed by atoms with E-state index in [1.165, 1.54) is 25.7 Å². The largest absolute Gasteiger partial charge is 0.381 e. The van der Waals surface area contributed by atoms with Gasteiger partial charge in [-0.25, -0.2) is 23.7 Å². The second-order valence-corrected chi connectivity index (χ2v) is 37.6. The van der Waals surface area contributed by atoms with Gasteiger partial charge in [-0.15, -0.1) is 0 Å². The second kappa shape index (κ2) is 46.3. The van der Waals surface area contributed by atoms with Crippen molar-refractivity contribution in [1.29, 1.82) is 15.8 Å². The summed E-state index contributed by atoms with van der Waals surface area (Å²) < 4.78 is 78.3. The molecule has 6 aromatic heterocycles. The molecule has 10 aliphatic heterocycles. The molecule has 130 heavy (non-hydrogen) atoms. The molecule has 16 heterocycles. The van der Waals surface area contributed by atoms with E-state index in [0.717, 1.165) is 284 Å². The number of nitrogens with one attached hydrogen (secondary N) is 4. The van der Waals surface area contributed by atoms with Gasteiger partial charge >= 0.3 is 0 Å². The van der Waals surface area contributed by atoms with Crippen LogP contribution in [-0.2, 0) is 28.4 Å². The first-order chi connectivity index (χ1) is 63.0. The maximum absolute atomic E-state index is 15.4. The topological polar surface area (TPSA) is 340 Å². The lowest BCUT2D eigenvalue weighted by Crippen LogP contribution is -2.54. The number of hydrogen-bond donors (Lipinski definition) is 4. The molecule has 0 unspecified atom stereocenters. The summed E-state index contributed by atoms with van der Waals surface area (Å²) in [5.74, 6) is 8.00. The van der Waals surface area contributed by atoms with Crippen molar-refractivity contribution in [1.82, 2.24) is 66.6 Å². The Balaban J connectivity index is 0.000000136. The predicted molar refractivity (Wildman–Crippen MR) is 500 cm³/mol. The van der Waals surface area contributed by atoms with Crippen LogP contribution in [0.25, 0.3) is 67.1 Å². The normalized spacial score (nSPS) is 24.9. The zero-order valence-corrected chi connectivity index (χ0v) is 78.8. The minimum absolute atomic E-state index is 0.201. The summed E-state index contributed by atoms with van der Waals surface area (Å²) in [4.78, 5) is 35.2. The number of aryl methyl sites for hydroxylation is 9. The molecule has 12 atom stereocenters. The fourth-order valence-electron chi connectivity index (χ4n) is 20.2. The smallest absolute Gasteiger partial charge is 0.261 e. The van der Waals surface area contributed by atoms with E-state index in [4.69, 9.17) is 56.9 Å². The monoisotopic (exact) mass is 1790 g/mol. The van der Waals surface area contributed by atoms with Gasteiger partial charge in [0.15, 0.2) is 17.5 Å². The number of aromatic nitrogens is 9. The van der Waals surface area contributed by atoms with Crippen LogP contribution < -0.4 is 36.0 Å². The van der Waals surface area contributed by atoms with Crippen LogP contribution >= 0.6 is 0 Å². The maximum atomic E-state index is 15.4. The van der Waals surface area contributed by atoms with Crippen LogP contribution in [0.3, 0.4) is 0 Å². The van der Waals surface area contributed by atoms with Crippen molar-refractivity contribution in [3.8, 4) is 52.6 Å². The number of fused-ring (bicyclic) bond motifs is 3. The Kier molecular flexibility index (Phi) is 34.5. The number of nitrogens with zero attached hydrogens (tertiary/aromatic N) is 15. The lowest BCUT2D eigenvalue weighted by molar-refractivity contribution is 0.0480. The highest BCUT2D eigenvalue weighted by molar-refractivity contribution is 5.98. The Hall–Kier alpha value is -9.36. The van der Waals surface area contributed by atoms with E-state index in [0.29, 0.717) is 130 Å². The van der Waals surface area contributed by atoms with Crippen LogP contribution in [0.15, 0.2) is 50.0 Å². The van der Waals surface area contributed by atoms with Crippen molar-refractivity contribution >= 4 is 50.2 Å². The Bertz CT molecular complexity index is 5130. The molecule has 10 saturated heterocycles. The molecule has 10 fully saturated rings. The number of rotatable bonds is 18. The van der Waals surface area contributed by atoms with Gasteiger partial charge in [0.1, 0.15) is 48.0 Å². The Morgan fingerprint density at radius 2 is 0.869 bits per heavy atom. The summed E-state index contributed by atoms with van der Waals surface area (Å²) in [5, 5.41) is 58.2. The van der Waals surface area contributed by atoms with Crippen molar-refractivity contribution in [2.45, 2.75) is 273 Å². The number of alkyl halides is 2. The molecule has 3 aromatic carbocycles. The van der Waals surface area contributed by atoms with Crippen LogP contribution in [0.1, 0.15) is 217 Å². The summed E-state index contributed by atoms with van der Waals surface area (Å²) in [6.45, 7) is 41.3. The third-order valence-corrected chi connectivity index (χ3v) is 27.9. The molecule has 9 aromatic rings. The molecule has 0 radical (unpaired) electrons. The van der Waals surface area contributed by atoms with Gasteiger partial charge in [-0.2, -0.15) is 30.7 Å². The first kappa shape index (κ1) is 96.7. The fraction of sp³-hybridized carbons (Fsp3) is 0.640. The Labute approximate surface area is 765 Å². The highest BCUT2D eigenvalue weighted by Gasteiger charge is 2.38. The molecule has 0 saturated carbocycles. The molecule has 0 spiro atoms. The van der Waals surface area contributed by atoms with E-state index in [1.54, 1.807) is 6.92 Å². The third-order valence-electron chi connectivity index (χ3n) is 27.9. The summed E-state index contributed by atoms with van der Waals surface area (Å²) in [6.07, 6.45) is 19.7. The van der Waals surface area contributed by atoms with Crippen molar-refractivity contribution in [3.05, 3.63) is 104 Å². The zero-order chi connectivity index (χ0) is 91.5. The molecule has 19 rings (SSSR count). The quantitative estimate of drug-likeness (QED) is 0.0620. The van der Waals surface area contributed by atoms with E-state index in [-0.39, 0.29) is 24.7 Å². The fourth-order valence-corrected chi connectivity index (χ4v) is 20.2. The maximum Gasteiger partial charge on any atom is 0.261 e. The van der Waals surface area contributed by atoms with Crippen LogP contribution in [-0.4, -0.2) is 225 Å². The third kappa shape index (κ3) is 24.4. The molecule has 28 nitrogen and oxygen atoms in total. The van der Waals surface area contributed by atoms with E-state index in [2.05, 4.69) is 133 Å². The minimum Gasteiger partial charge on any atom is -0.381 e. The lowest BCUT2D eigenvalue weighted by Gasteiger charge is -2.40. The summed E-state index contributed by atoms with van der Waals surface area (Å²) in [5.41, 5.74) is 12.1. The number of ether oxygens (including phenoxy) is 6. The summed E-state index contributed by atoms with van der Waals surface area (Å²) >= 11 is 0. The zero-order valence-electron chi connectivity index (χ0n) is 78.8. The van der Waals surface area contributed by atoms with Gasteiger partial charge in [0.25, 0.3) is 17.7 Å². The summed E-state index contributed by atoms with van der Waals surface area (Å²) in [6, 6.07) is 20.3. The van der Waals surface area contributed by atoms with Gasteiger partial charge in [0, 0.05) is 158 Å². The first-order valence-corrected chi connectivity index (χ1v) is 48.1. The number of anilines is 3. The Morgan fingerprint density at radius 1 is 0.454 bits per heavy atom.